The van der Waals surface area contributed by atoms with E-state index in [1.807, 2.05) is 44.2 Å². The van der Waals surface area contributed by atoms with Gasteiger partial charge in [-0.25, -0.2) is 4.79 Å². The van der Waals surface area contributed by atoms with Gasteiger partial charge in [0.25, 0.3) is 0 Å². The monoisotopic (exact) mass is 311 g/mol. The summed E-state index contributed by atoms with van der Waals surface area (Å²) < 4.78 is 0. The van der Waals surface area contributed by atoms with Crippen LogP contribution in [0.1, 0.15) is 16.7 Å². The van der Waals surface area contributed by atoms with E-state index in [4.69, 9.17) is 0 Å². The van der Waals surface area contributed by atoms with Crippen molar-refractivity contribution in [1.29, 1.82) is 0 Å². The van der Waals surface area contributed by atoms with E-state index in [0.29, 0.717) is 12.1 Å². The first-order valence-electron chi connectivity index (χ1n) is 7.42. The summed E-state index contributed by atoms with van der Waals surface area (Å²) in [7, 11) is 1.61. The molecule has 0 aliphatic heterocycles. The molecule has 2 aromatic rings. The predicted molar refractivity (Wildman–Crippen MR) is 92.8 cm³/mol. The zero-order chi connectivity index (χ0) is 16.8. The number of hydrogen-bond acceptors (Lipinski definition) is 2. The summed E-state index contributed by atoms with van der Waals surface area (Å²) in [4.78, 5) is 23.3. The first-order valence-corrected chi connectivity index (χ1v) is 7.42. The number of aryl methyl sites for hydroxylation is 2. The van der Waals surface area contributed by atoms with Gasteiger partial charge in [-0.3, -0.25) is 4.79 Å². The maximum Gasteiger partial charge on any atom is 0.323 e. The molecule has 0 spiro atoms. The molecule has 0 fully saturated rings. The van der Waals surface area contributed by atoms with E-state index in [9.17, 15) is 9.59 Å². The Morgan fingerprint density at radius 2 is 1.43 bits per heavy atom. The number of amides is 3. The van der Waals surface area contributed by atoms with Gasteiger partial charge >= 0.3 is 6.03 Å². The zero-order valence-electron chi connectivity index (χ0n) is 13.6. The largest absolute Gasteiger partial charge is 0.359 e. The second-order valence-electron chi connectivity index (χ2n) is 5.50. The highest BCUT2D eigenvalue weighted by atomic mass is 16.2. The van der Waals surface area contributed by atoms with Crippen molar-refractivity contribution in [2.24, 2.45) is 0 Å². The molecule has 3 N–H and O–H groups in total. The number of anilines is 2. The number of rotatable bonds is 4. The molecule has 0 aliphatic rings. The number of carbonyl (C=O) groups excluding carboxylic acids is 2. The van der Waals surface area contributed by atoms with E-state index in [1.54, 1.807) is 19.2 Å². The van der Waals surface area contributed by atoms with Gasteiger partial charge in [-0.1, -0.05) is 18.2 Å². The highest BCUT2D eigenvalue weighted by molar-refractivity contribution is 5.99. The van der Waals surface area contributed by atoms with Crippen LogP contribution in [0.15, 0.2) is 42.5 Å². The van der Waals surface area contributed by atoms with Crippen LogP contribution in [0.3, 0.4) is 0 Å². The van der Waals surface area contributed by atoms with Crippen molar-refractivity contribution in [3.8, 4) is 0 Å². The molecule has 3 amide bonds. The van der Waals surface area contributed by atoms with Gasteiger partial charge in [-0.05, 0) is 54.8 Å². The van der Waals surface area contributed by atoms with Crippen LogP contribution < -0.4 is 16.0 Å². The Labute approximate surface area is 136 Å². The smallest absolute Gasteiger partial charge is 0.323 e. The fourth-order valence-corrected chi connectivity index (χ4v) is 2.32. The average molecular weight is 311 g/mol. The summed E-state index contributed by atoms with van der Waals surface area (Å²) in [5.74, 6) is -0.0433. The molecule has 0 bridgehead atoms. The maximum atomic E-state index is 12.0. The molecule has 0 saturated carbocycles. The van der Waals surface area contributed by atoms with Crippen LogP contribution in [0.2, 0.25) is 0 Å². The summed E-state index contributed by atoms with van der Waals surface area (Å²) in [6, 6.07) is 12.8. The van der Waals surface area contributed by atoms with E-state index in [0.717, 1.165) is 22.4 Å². The molecule has 0 unspecified atom stereocenters. The minimum absolute atomic E-state index is 0.0433. The molecule has 120 valence electrons. The lowest BCUT2D eigenvalue weighted by Crippen LogP contribution is -2.20. The van der Waals surface area contributed by atoms with Crippen molar-refractivity contribution in [2.75, 3.05) is 17.7 Å². The Hall–Kier alpha value is -2.82. The summed E-state index contributed by atoms with van der Waals surface area (Å²) in [5.41, 5.74) is 4.52. The van der Waals surface area contributed by atoms with Crippen LogP contribution >= 0.6 is 0 Å². The van der Waals surface area contributed by atoms with E-state index >= 15 is 0 Å². The van der Waals surface area contributed by atoms with Crippen LogP contribution in [0.5, 0.6) is 0 Å². The lowest BCUT2D eigenvalue weighted by Gasteiger charge is -2.10. The highest BCUT2D eigenvalue weighted by Gasteiger charge is 2.05. The van der Waals surface area contributed by atoms with Crippen LogP contribution in [0, 0.1) is 13.8 Å². The summed E-state index contributed by atoms with van der Waals surface area (Å²) in [5, 5.41) is 8.17. The number of urea groups is 1. The third kappa shape index (κ3) is 5.14. The molecular weight excluding hydrogens is 290 g/mol. The van der Waals surface area contributed by atoms with E-state index in [2.05, 4.69) is 16.0 Å². The quantitative estimate of drug-likeness (QED) is 0.811. The Bertz CT molecular complexity index is 688. The second kappa shape index (κ2) is 7.45. The molecule has 0 atom stereocenters. The number of carbonyl (C=O) groups is 2. The summed E-state index contributed by atoms with van der Waals surface area (Å²) >= 11 is 0. The van der Waals surface area contributed by atoms with Gasteiger partial charge < -0.3 is 16.0 Å². The molecular formula is C18H21N3O2. The van der Waals surface area contributed by atoms with E-state index < -0.39 is 0 Å². The van der Waals surface area contributed by atoms with Gasteiger partial charge in [0.05, 0.1) is 6.42 Å². The molecule has 0 saturated heterocycles. The lowest BCUT2D eigenvalue weighted by atomic mass is 10.1. The molecule has 5 heteroatoms. The SMILES string of the molecule is CNC(=O)Cc1ccc(NC(=O)Nc2cc(C)cc(C)c2)cc1. The fraction of sp³-hybridized carbons (Fsp3) is 0.222. The normalized spacial score (nSPS) is 10.0. The molecule has 0 heterocycles. The van der Waals surface area contributed by atoms with Gasteiger partial charge in [-0.2, -0.15) is 0 Å². The molecule has 2 rings (SSSR count). The molecule has 0 radical (unpaired) electrons. The number of benzene rings is 2. The molecule has 5 nitrogen and oxygen atoms in total. The van der Waals surface area contributed by atoms with Crippen LogP contribution in [-0.4, -0.2) is 19.0 Å². The van der Waals surface area contributed by atoms with E-state index in [1.165, 1.54) is 0 Å². The minimum atomic E-state index is -0.297. The highest BCUT2D eigenvalue weighted by Crippen LogP contribution is 2.15. The standard InChI is InChI=1S/C18H21N3O2/c1-12-8-13(2)10-16(9-12)21-18(23)20-15-6-4-14(5-7-15)11-17(22)19-3/h4-10H,11H2,1-3H3,(H,19,22)(H2,20,21,23). The van der Waals surface area contributed by atoms with Crippen molar-refractivity contribution < 1.29 is 9.59 Å². The Kier molecular flexibility index (Phi) is 5.36. The number of nitrogens with one attached hydrogen (secondary N) is 3. The summed E-state index contributed by atoms with van der Waals surface area (Å²) in [6.45, 7) is 3.97. The van der Waals surface area contributed by atoms with Crippen LogP contribution in [-0.2, 0) is 11.2 Å². The first kappa shape index (κ1) is 16.5. The average Bonchev–Trinajstić information content (AvgIpc) is 2.48. The van der Waals surface area contributed by atoms with Gasteiger partial charge in [0, 0.05) is 18.4 Å². The van der Waals surface area contributed by atoms with Gasteiger partial charge in [0.1, 0.15) is 0 Å². The molecule has 0 aromatic heterocycles. The van der Waals surface area contributed by atoms with Crippen molar-refractivity contribution in [1.82, 2.24) is 5.32 Å². The van der Waals surface area contributed by atoms with Crippen molar-refractivity contribution in [3.05, 3.63) is 59.2 Å². The third-order valence-corrected chi connectivity index (χ3v) is 3.33. The lowest BCUT2D eigenvalue weighted by molar-refractivity contribution is -0.119. The molecule has 2 aromatic carbocycles. The van der Waals surface area contributed by atoms with Crippen LogP contribution in [0.4, 0.5) is 16.2 Å². The van der Waals surface area contributed by atoms with Gasteiger partial charge in [0.15, 0.2) is 0 Å². The minimum Gasteiger partial charge on any atom is -0.359 e. The Morgan fingerprint density at radius 1 is 0.870 bits per heavy atom. The molecule has 23 heavy (non-hydrogen) atoms. The van der Waals surface area contributed by atoms with Crippen molar-refractivity contribution in [3.63, 3.8) is 0 Å². The number of hydrogen-bond donors (Lipinski definition) is 3. The first-order chi connectivity index (χ1) is 11.0. The predicted octanol–water partition coefficient (Wildman–Crippen LogP) is 3.24. The number of likely N-dealkylation sites (N-methyl/N-ethyl adjacent to an activating group) is 1. The summed E-state index contributed by atoms with van der Waals surface area (Å²) in [6.07, 6.45) is 0.325. The third-order valence-electron chi connectivity index (χ3n) is 3.33. The van der Waals surface area contributed by atoms with Crippen molar-refractivity contribution >= 4 is 23.3 Å². The van der Waals surface area contributed by atoms with Gasteiger partial charge in [-0.15, -0.1) is 0 Å². The topological polar surface area (TPSA) is 70.2 Å². The maximum absolute atomic E-state index is 12.0. The second-order valence-corrected chi connectivity index (χ2v) is 5.50. The fourth-order valence-electron chi connectivity index (χ4n) is 2.32. The zero-order valence-corrected chi connectivity index (χ0v) is 13.6. The Balaban J connectivity index is 1.96. The van der Waals surface area contributed by atoms with Gasteiger partial charge in [0.2, 0.25) is 5.91 Å². The van der Waals surface area contributed by atoms with Crippen molar-refractivity contribution in [2.45, 2.75) is 20.3 Å². The molecule has 0 aliphatic carbocycles. The van der Waals surface area contributed by atoms with Crippen LogP contribution in [0.25, 0.3) is 0 Å². The van der Waals surface area contributed by atoms with E-state index in [-0.39, 0.29) is 11.9 Å². The Morgan fingerprint density at radius 3 is 2.00 bits per heavy atom.